The largest absolute Gasteiger partial charge is 0.319 e. The minimum Gasteiger partial charge on any atom is -0.319 e. The second-order valence-electron chi connectivity index (χ2n) is 4.31. The van der Waals surface area contributed by atoms with Gasteiger partial charge in [0.1, 0.15) is 0 Å². The summed E-state index contributed by atoms with van der Waals surface area (Å²) in [6, 6.07) is 17.1. The zero-order valence-electron chi connectivity index (χ0n) is 10.5. The van der Waals surface area contributed by atoms with Crippen molar-refractivity contribution in [3.63, 3.8) is 0 Å². The lowest BCUT2D eigenvalue weighted by Gasteiger charge is -2.13. The van der Waals surface area contributed by atoms with Crippen LogP contribution in [0.4, 0.5) is 11.4 Å². The fraction of sp³-hybridized carbons (Fsp3) is 0.0667. The number of nitrogens with zero attached hydrogens (tertiary/aromatic N) is 2. The zero-order valence-corrected chi connectivity index (χ0v) is 10.5. The lowest BCUT2D eigenvalue weighted by molar-refractivity contribution is -0.110. The fourth-order valence-electron chi connectivity index (χ4n) is 2.08. The number of rotatable bonds is 1. The molecule has 0 atom stereocenters. The van der Waals surface area contributed by atoms with Gasteiger partial charge in [0.2, 0.25) is 0 Å². The van der Waals surface area contributed by atoms with E-state index in [0.29, 0.717) is 5.71 Å². The second-order valence-corrected chi connectivity index (χ2v) is 4.31. The van der Waals surface area contributed by atoms with Crippen LogP contribution in [0.5, 0.6) is 0 Å². The van der Waals surface area contributed by atoms with Crippen LogP contribution in [0.3, 0.4) is 0 Å². The lowest BCUT2D eigenvalue weighted by atomic mass is 10.1. The van der Waals surface area contributed by atoms with E-state index >= 15 is 0 Å². The number of hydrogen-bond acceptors (Lipinski definition) is 3. The predicted octanol–water partition coefficient (Wildman–Crippen LogP) is 2.48. The lowest BCUT2D eigenvalue weighted by Crippen LogP contribution is -2.23. The highest BCUT2D eigenvalue weighted by atomic mass is 16.2. The van der Waals surface area contributed by atoms with Gasteiger partial charge in [0.05, 0.1) is 11.4 Å². The van der Waals surface area contributed by atoms with Gasteiger partial charge in [-0.3, -0.25) is 9.80 Å². The van der Waals surface area contributed by atoms with Gasteiger partial charge in [-0.2, -0.15) is 5.10 Å². The molecule has 0 saturated heterocycles. The average Bonchev–Trinajstić information content (AvgIpc) is 2.57. The maximum atomic E-state index is 12.3. The Morgan fingerprint density at radius 2 is 1.68 bits per heavy atom. The Morgan fingerprint density at radius 3 is 2.47 bits per heavy atom. The van der Waals surface area contributed by atoms with E-state index in [-0.39, 0.29) is 5.91 Å². The van der Waals surface area contributed by atoms with Gasteiger partial charge in [-0.15, -0.1) is 0 Å². The second kappa shape index (κ2) is 4.57. The molecule has 0 unspecified atom stereocenters. The van der Waals surface area contributed by atoms with E-state index in [1.165, 1.54) is 0 Å². The smallest absolute Gasteiger partial charge is 0.276 e. The number of nitrogens with one attached hydrogen (secondary N) is 1. The molecule has 1 N–H and O–H groups in total. The Hall–Kier alpha value is -2.62. The van der Waals surface area contributed by atoms with Gasteiger partial charge in [-0.05, 0) is 12.1 Å². The van der Waals surface area contributed by atoms with Crippen LogP contribution in [0.25, 0.3) is 0 Å². The van der Waals surface area contributed by atoms with Crippen LogP contribution in [0, 0.1) is 0 Å². The highest BCUT2D eigenvalue weighted by Gasteiger charge is 2.21. The maximum Gasteiger partial charge on any atom is 0.276 e. The quantitative estimate of drug-likeness (QED) is 0.846. The van der Waals surface area contributed by atoms with Gasteiger partial charge in [0.15, 0.2) is 5.71 Å². The Bertz CT molecular complexity index is 649. The maximum absolute atomic E-state index is 12.3. The Morgan fingerprint density at radius 1 is 1.00 bits per heavy atom. The number of anilines is 2. The Kier molecular flexibility index (Phi) is 2.76. The number of para-hydroxylation sites is 2. The first kappa shape index (κ1) is 11.5. The molecule has 0 aromatic heterocycles. The van der Waals surface area contributed by atoms with Gasteiger partial charge in [0, 0.05) is 12.6 Å². The third-order valence-corrected chi connectivity index (χ3v) is 3.01. The van der Waals surface area contributed by atoms with Crippen molar-refractivity contribution >= 4 is 23.0 Å². The molecule has 4 heteroatoms. The van der Waals surface area contributed by atoms with Crippen molar-refractivity contribution in [2.45, 2.75) is 0 Å². The van der Waals surface area contributed by atoms with E-state index in [0.717, 1.165) is 16.9 Å². The highest BCUT2D eigenvalue weighted by molar-refractivity contribution is 6.49. The molecular formula is C15H13N3O. The van der Waals surface area contributed by atoms with Crippen molar-refractivity contribution in [1.29, 1.82) is 0 Å². The minimum absolute atomic E-state index is 0.192. The predicted molar refractivity (Wildman–Crippen MR) is 76.5 cm³/mol. The zero-order chi connectivity index (χ0) is 13.2. The summed E-state index contributed by atoms with van der Waals surface area (Å²) in [6.07, 6.45) is 0. The van der Waals surface area contributed by atoms with Crippen molar-refractivity contribution in [3.8, 4) is 0 Å². The summed E-state index contributed by atoms with van der Waals surface area (Å²) >= 11 is 0. The van der Waals surface area contributed by atoms with Crippen LogP contribution >= 0.6 is 0 Å². The molecule has 1 aliphatic heterocycles. The van der Waals surface area contributed by atoms with Crippen molar-refractivity contribution in [1.82, 2.24) is 0 Å². The summed E-state index contributed by atoms with van der Waals surface area (Å²) < 4.78 is 0. The molecule has 3 rings (SSSR count). The molecule has 1 amide bonds. The molecule has 0 saturated carbocycles. The third-order valence-electron chi connectivity index (χ3n) is 3.01. The molecule has 1 heterocycles. The molecule has 4 nitrogen and oxygen atoms in total. The van der Waals surface area contributed by atoms with Crippen LogP contribution in [-0.2, 0) is 4.79 Å². The number of carbonyl (C=O) groups excluding carboxylic acids is 1. The normalized spacial score (nSPS) is 14.3. The molecule has 2 aromatic rings. The summed E-state index contributed by atoms with van der Waals surface area (Å²) in [5.74, 6) is -0.192. The van der Waals surface area contributed by atoms with Crippen LogP contribution in [0.15, 0.2) is 59.7 Å². The molecule has 94 valence electrons. The summed E-state index contributed by atoms with van der Waals surface area (Å²) in [5.41, 5.74) is 2.87. The van der Waals surface area contributed by atoms with Crippen LogP contribution < -0.4 is 10.3 Å². The third kappa shape index (κ3) is 2.08. The van der Waals surface area contributed by atoms with Crippen LogP contribution in [0.1, 0.15) is 5.56 Å². The number of amides is 1. The minimum atomic E-state index is -0.192. The molecule has 1 aliphatic rings. The van der Waals surface area contributed by atoms with E-state index in [1.807, 2.05) is 61.6 Å². The van der Waals surface area contributed by atoms with Gasteiger partial charge in [-0.1, -0.05) is 42.5 Å². The number of hydrazone groups is 1. The molecule has 0 fully saturated rings. The van der Waals surface area contributed by atoms with Gasteiger partial charge < -0.3 is 5.32 Å². The van der Waals surface area contributed by atoms with Crippen molar-refractivity contribution < 1.29 is 4.79 Å². The number of fused-ring (bicyclic) bond motifs is 1. The SMILES string of the molecule is CN1N=C(c2ccccc2)C(=O)Nc2ccccc21. The first-order valence-electron chi connectivity index (χ1n) is 6.04. The van der Waals surface area contributed by atoms with E-state index < -0.39 is 0 Å². The first-order chi connectivity index (χ1) is 9.25. The molecule has 2 aromatic carbocycles. The number of carbonyl (C=O) groups is 1. The number of hydrogen-bond donors (Lipinski definition) is 1. The van der Waals surface area contributed by atoms with E-state index in [4.69, 9.17) is 0 Å². The van der Waals surface area contributed by atoms with Crippen molar-refractivity contribution in [3.05, 3.63) is 60.2 Å². The average molecular weight is 251 g/mol. The molecule has 0 spiro atoms. The van der Waals surface area contributed by atoms with E-state index in [9.17, 15) is 4.79 Å². The van der Waals surface area contributed by atoms with Crippen LogP contribution in [-0.4, -0.2) is 18.7 Å². The Labute approximate surface area is 111 Å². The summed E-state index contributed by atoms with van der Waals surface area (Å²) in [6.45, 7) is 0. The monoisotopic (exact) mass is 251 g/mol. The van der Waals surface area contributed by atoms with Gasteiger partial charge in [0.25, 0.3) is 5.91 Å². The molecule has 0 radical (unpaired) electrons. The molecular weight excluding hydrogens is 238 g/mol. The Balaban J connectivity index is 2.08. The topological polar surface area (TPSA) is 44.7 Å². The molecule has 19 heavy (non-hydrogen) atoms. The van der Waals surface area contributed by atoms with Gasteiger partial charge in [-0.25, -0.2) is 0 Å². The molecule has 0 bridgehead atoms. The van der Waals surface area contributed by atoms with Gasteiger partial charge >= 0.3 is 0 Å². The van der Waals surface area contributed by atoms with Crippen LogP contribution in [0.2, 0.25) is 0 Å². The number of benzene rings is 2. The van der Waals surface area contributed by atoms with E-state index in [1.54, 1.807) is 5.01 Å². The summed E-state index contributed by atoms with van der Waals surface area (Å²) in [7, 11) is 1.84. The van der Waals surface area contributed by atoms with Crippen molar-refractivity contribution in [2.24, 2.45) is 5.10 Å². The van der Waals surface area contributed by atoms with Crippen molar-refractivity contribution in [2.75, 3.05) is 17.4 Å². The standard InChI is InChI=1S/C15H13N3O/c1-18-13-10-6-5-9-12(13)16-15(19)14(17-18)11-7-3-2-4-8-11/h2-10H,1H3,(H,16,19). The van der Waals surface area contributed by atoms with E-state index in [2.05, 4.69) is 10.4 Å². The molecule has 0 aliphatic carbocycles. The highest BCUT2D eigenvalue weighted by Crippen LogP contribution is 2.27. The summed E-state index contributed by atoms with van der Waals surface area (Å²) in [5, 5.41) is 9.01. The first-order valence-corrected chi connectivity index (χ1v) is 6.04. The summed E-state index contributed by atoms with van der Waals surface area (Å²) in [4.78, 5) is 12.3. The fourth-order valence-corrected chi connectivity index (χ4v) is 2.08.